The van der Waals surface area contributed by atoms with E-state index in [0.29, 0.717) is 72.1 Å². The van der Waals surface area contributed by atoms with Gasteiger partial charge in [-0.2, -0.15) is 0 Å². The Balaban J connectivity index is 0.886. The first-order valence-electron chi connectivity index (χ1n) is 15.1. The third-order valence-electron chi connectivity index (χ3n) is 6.99. The highest BCUT2D eigenvalue weighted by atomic mass is 16.6. The summed E-state index contributed by atoms with van der Waals surface area (Å²) in [7, 11) is 0. The fourth-order valence-electron chi connectivity index (χ4n) is 4.15. The maximum absolute atomic E-state index is 12.5. The van der Waals surface area contributed by atoms with Crippen LogP contribution in [0.15, 0.2) is 97.1 Å². The normalized spacial score (nSPS) is 16.9. The maximum Gasteiger partial charge on any atom is 0.343 e. The molecule has 238 valence electrons. The van der Waals surface area contributed by atoms with E-state index in [1.165, 1.54) is 0 Å². The first kappa shape index (κ1) is 30.9. The molecule has 2 atom stereocenters. The molecule has 2 unspecified atom stereocenters. The summed E-state index contributed by atoms with van der Waals surface area (Å²) in [5.41, 5.74) is 0.815. The van der Waals surface area contributed by atoms with Gasteiger partial charge in [0.1, 0.15) is 59.9 Å². The van der Waals surface area contributed by atoms with Gasteiger partial charge in [0.05, 0.1) is 37.6 Å². The molecule has 4 aromatic carbocycles. The lowest BCUT2D eigenvalue weighted by Crippen LogP contribution is -2.17. The largest absolute Gasteiger partial charge is 0.493 e. The van der Waals surface area contributed by atoms with Crippen LogP contribution in [0.4, 0.5) is 0 Å². The van der Waals surface area contributed by atoms with Crippen molar-refractivity contribution in [1.82, 2.24) is 0 Å². The smallest absolute Gasteiger partial charge is 0.343 e. The van der Waals surface area contributed by atoms with Crippen molar-refractivity contribution in [3.05, 3.63) is 108 Å². The van der Waals surface area contributed by atoms with Gasteiger partial charge in [0.15, 0.2) is 0 Å². The predicted octanol–water partition coefficient (Wildman–Crippen LogP) is 5.77. The van der Waals surface area contributed by atoms with Gasteiger partial charge in [-0.15, -0.1) is 0 Å². The first-order valence-corrected chi connectivity index (χ1v) is 15.1. The number of carbonyl (C=O) groups is 2. The van der Waals surface area contributed by atoms with Crippen LogP contribution in [0.1, 0.15) is 27.6 Å². The molecule has 0 saturated carbocycles. The van der Waals surface area contributed by atoms with Gasteiger partial charge in [0, 0.05) is 5.92 Å². The van der Waals surface area contributed by atoms with Gasteiger partial charge in [-0.3, -0.25) is 0 Å². The van der Waals surface area contributed by atoms with Crippen molar-refractivity contribution in [2.75, 3.05) is 39.6 Å². The van der Waals surface area contributed by atoms with Crippen LogP contribution in [0.2, 0.25) is 0 Å². The van der Waals surface area contributed by atoms with Crippen molar-refractivity contribution in [3.63, 3.8) is 0 Å². The summed E-state index contributed by atoms with van der Waals surface area (Å²) >= 11 is 0. The second kappa shape index (κ2) is 14.8. The lowest BCUT2D eigenvalue weighted by atomic mass is 10.2. The molecule has 10 nitrogen and oxygen atoms in total. The van der Waals surface area contributed by atoms with Crippen molar-refractivity contribution in [1.29, 1.82) is 0 Å². The summed E-state index contributed by atoms with van der Waals surface area (Å²) in [6.45, 7) is 5.31. The van der Waals surface area contributed by atoms with Crippen LogP contribution >= 0.6 is 0 Å². The first-order chi connectivity index (χ1) is 22.5. The average molecular weight is 627 g/mol. The zero-order valence-electron chi connectivity index (χ0n) is 25.3. The Morgan fingerprint density at radius 1 is 0.543 bits per heavy atom. The van der Waals surface area contributed by atoms with E-state index >= 15 is 0 Å². The molecular formula is C36H34O10. The van der Waals surface area contributed by atoms with E-state index < -0.39 is 11.9 Å². The summed E-state index contributed by atoms with van der Waals surface area (Å²) in [5.74, 6) is 2.63. The molecule has 2 fully saturated rings. The van der Waals surface area contributed by atoms with Gasteiger partial charge in [-0.25, -0.2) is 9.59 Å². The Morgan fingerprint density at radius 2 is 0.848 bits per heavy atom. The highest BCUT2D eigenvalue weighted by Crippen LogP contribution is 2.23. The van der Waals surface area contributed by atoms with E-state index in [-0.39, 0.29) is 18.1 Å². The number of hydrogen-bond donors (Lipinski definition) is 0. The topological polar surface area (TPSA) is 115 Å². The summed E-state index contributed by atoms with van der Waals surface area (Å²) in [5, 5.41) is 0. The van der Waals surface area contributed by atoms with Crippen LogP contribution in [0.25, 0.3) is 0 Å². The fraction of sp³-hybridized carbons (Fsp3) is 0.278. The highest BCUT2D eigenvalue weighted by molar-refractivity contribution is 5.91. The third kappa shape index (κ3) is 9.47. The zero-order chi connectivity index (χ0) is 31.7. The van der Waals surface area contributed by atoms with E-state index in [1.807, 2.05) is 6.92 Å². The number of esters is 2. The van der Waals surface area contributed by atoms with Crippen LogP contribution < -0.4 is 28.4 Å². The molecule has 2 saturated heterocycles. The van der Waals surface area contributed by atoms with Crippen molar-refractivity contribution in [3.8, 4) is 34.5 Å². The van der Waals surface area contributed by atoms with Gasteiger partial charge < -0.3 is 37.9 Å². The molecular weight excluding hydrogens is 592 g/mol. The maximum atomic E-state index is 12.5. The van der Waals surface area contributed by atoms with Crippen molar-refractivity contribution < 1.29 is 47.5 Å². The van der Waals surface area contributed by atoms with Crippen LogP contribution in [0.3, 0.4) is 0 Å². The fourth-order valence-corrected chi connectivity index (χ4v) is 4.15. The average Bonchev–Trinajstić information content (AvgIpc) is 4.02. The number of rotatable bonds is 16. The zero-order valence-corrected chi connectivity index (χ0v) is 25.3. The molecule has 6 rings (SSSR count). The van der Waals surface area contributed by atoms with E-state index in [0.717, 1.165) is 13.2 Å². The summed E-state index contributed by atoms with van der Waals surface area (Å²) in [4.78, 5) is 25.1. The number of benzene rings is 4. The lowest BCUT2D eigenvalue weighted by Gasteiger charge is -2.15. The van der Waals surface area contributed by atoms with Gasteiger partial charge in [0.25, 0.3) is 0 Å². The Morgan fingerprint density at radius 3 is 1.20 bits per heavy atom. The minimum absolute atomic E-state index is 0.0711. The van der Waals surface area contributed by atoms with E-state index in [9.17, 15) is 9.59 Å². The van der Waals surface area contributed by atoms with E-state index in [4.69, 9.17) is 37.9 Å². The molecule has 2 heterocycles. The highest BCUT2D eigenvalue weighted by Gasteiger charge is 2.23. The molecule has 2 aliphatic heterocycles. The van der Waals surface area contributed by atoms with Crippen molar-refractivity contribution in [2.45, 2.75) is 19.1 Å². The molecule has 10 heteroatoms. The SMILES string of the molecule is CC(COc1ccc(C(=O)Oc2ccc(OCC3CO3)cc2)cc1)COc1ccc(C(=O)Oc2ccc(OCC3CO3)cc2)cc1. The molecule has 4 aromatic rings. The minimum atomic E-state index is -0.466. The Labute approximate surface area is 266 Å². The molecule has 2 aliphatic rings. The minimum Gasteiger partial charge on any atom is -0.493 e. The molecule has 46 heavy (non-hydrogen) atoms. The van der Waals surface area contributed by atoms with Gasteiger partial charge in [0.2, 0.25) is 0 Å². The van der Waals surface area contributed by atoms with Crippen LogP contribution in [0.5, 0.6) is 34.5 Å². The molecule has 0 radical (unpaired) electrons. The van der Waals surface area contributed by atoms with Gasteiger partial charge in [-0.1, -0.05) is 6.92 Å². The number of epoxide rings is 2. The van der Waals surface area contributed by atoms with E-state index in [1.54, 1.807) is 97.1 Å². The van der Waals surface area contributed by atoms with Crippen molar-refractivity contribution >= 4 is 11.9 Å². The molecule has 0 bridgehead atoms. The van der Waals surface area contributed by atoms with Crippen molar-refractivity contribution in [2.24, 2.45) is 5.92 Å². The Hall–Kier alpha value is -5.06. The van der Waals surface area contributed by atoms with E-state index in [2.05, 4.69) is 0 Å². The van der Waals surface area contributed by atoms with Gasteiger partial charge in [-0.05, 0) is 97.1 Å². The second-order valence-corrected chi connectivity index (χ2v) is 11.0. The van der Waals surface area contributed by atoms with Crippen LogP contribution in [-0.2, 0) is 9.47 Å². The Kier molecular flexibility index (Phi) is 9.97. The van der Waals surface area contributed by atoms with Gasteiger partial charge >= 0.3 is 11.9 Å². The number of ether oxygens (including phenoxy) is 8. The Bertz CT molecular complexity index is 1460. The second-order valence-electron chi connectivity index (χ2n) is 11.0. The van der Waals surface area contributed by atoms with Crippen LogP contribution in [0, 0.1) is 5.92 Å². The number of carbonyl (C=O) groups excluding carboxylic acids is 2. The molecule has 0 N–H and O–H groups in total. The number of hydrogen-bond acceptors (Lipinski definition) is 10. The third-order valence-corrected chi connectivity index (χ3v) is 6.99. The molecule has 0 spiro atoms. The summed E-state index contributed by atoms with van der Waals surface area (Å²) in [6.07, 6.45) is 0.352. The predicted molar refractivity (Wildman–Crippen MR) is 166 cm³/mol. The standard InChI is InChI=1S/C36H34O10/c1-24(18-39-27-6-2-25(3-7-27)35(37)45-31-14-10-29(11-15-31)41-20-33-22-43-33)19-40-28-8-4-26(5-9-28)36(38)46-32-16-12-30(13-17-32)42-21-34-23-44-34/h2-17,24,33-34H,18-23H2,1H3. The summed E-state index contributed by atoms with van der Waals surface area (Å²) in [6, 6.07) is 27.3. The van der Waals surface area contributed by atoms with Crippen LogP contribution in [-0.4, -0.2) is 63.8 Å². The monoisotopic (exact) mass is 626 g/mol. The summed E-state index contributed by atoms with van der Waals surface area (Å²) < 4.78 is 44.1. The molecule has 0 aliphatic carbocycles. The molecule has 0 aromatic heterocycles. The lowest BCUT2D eigenvalue weighted by molar-refractivity contribution is 0.0725. The quantitative estimate of drug-likeness (QED) is 0.0862. The molecule has 0 amide bonds.